The van der Waals surface area contributed by atoms with E-state index < -0.39 is 33.8 Å². The Morgan fingerprint density at radius 2 is 1.95 bits per heavy atom. The van der Waals surface area contributed by atoms with Gasteiger partial charge in [-0.25, -0.2) is 22.2 Å². The zero-order valence-corrected chi connectivity index (χ0v) is 23.6. The number of ether oxygens (including phenoxy) is 2. The minimum absolute atomic E-state index is 0.0304. The van der Waals surface area contributed by atoms with Gasteiger partial charge in [0.15, 0.2) is 11.6 Å². The van der Waals surface area contributed by atoms with Crippen molar-refractivity contribution in [2.75, 3.05) is 38.0 Å². The number of hydrogen-bond donors (Lipinski definition) is 0. The van der Waals surface area contributed by atoms with Crippen molar-refractivity contribution in [2.24, 2.45) is 5.41 Å². The summed E-state index contributed by atoms with van der Waals surface area (Å²) >= 11 is 1.29. The second-order valence-electron chi connectivity index (χ2n) is 9.84. The molecule has 0 amide bonds. The second-order valence-corrected chi connectivity index (χ2v) is 12.6. The highest BCUT2D eigenvalue weighted by Crippen LogP contribution is 2.48. The fourth-order valence-electron chi connectivity index (χ4n) is 4.44. The van der Waals surface area contributed by atoms with Gasteiger partial charge in [-0.3, -0.25) is 4.79 Å². The number of sulfonamides is 1. The lowest BCUT2D eigenvalue weighted by molar-refractivity contribution is -0.150. The predicted octanol–water partition coefficient (Wildman–Crippen LogP) is 5.10. The Labute approximate surface area is 226 Å². The zero-order chi connectivity index (χ0) is 27.7. The van der Waals surface area contributed by atoms with E-state index in [2.05, 4.69) is 0 Å². The molecule has 1 aliphatic carbocycles. The highest BCUT2D eigenvalue weighted by molar-refractivity contribution is 7.98. The smallest absolute Gasteiger partial charge is 0.315 e. The zero-order valence-electron chi connectivity index (χ0n) is 21.9. The third kappa shape index (κ3) is 5.91. The molecule has 1 fully saturated rings. The van der Waals surface area contributed by atoms with Gasteiger partial charge in [-0.1, -0.05) is 18.2 Å². The summed E-state index contributed by atoms with van der Waals surface area (Å²) in [6.45, 7) is 3.04. The number of alkyl halides is 2. The summed E-state index contributed by atoms with van der Waals surface area (Å²) in [5.74, 6) is -2.80. The Morgan fingerprint density at radius 3 is 2.53 bits per heavy atom. The monoisotopic (exact) mass is 569 g/mol. The minimum Gasteiger partial charge on any atom is -0.490 e. The number of thioether (sulfide) groups is 1. The van der Waals surface area contributed by atoms with Gasteiger partial charge in [-0.05, 0) is 51.5 Å². The van der Waals surface area contributed by atoms with Gasteiger partial charge < -0.3 is 14.4 Å². The molecule has 0 saturated heterocycles. The number of carbonyl (C=O) groups is 1. The highest BCUT2D eigenvalue weighted by atomic mass is 32.2. The van der Waals surface area contributed by atoms with Gasteiger partial charge >= 0.3 is 5.97 Å². The molecule has 38 heavy (non-hydrogen) atoms. The van der Waals surface area contributed by atoms with Crippen LogP contribution in [0.25, 0.3) is 0 Å². The molecule has 8 nitrogen and oxygen atoms in total. The molecule has 2 heterocycles. The fraction of sp³-hybridized carbons (Fsp3) is 0.538. The van der Waals surface area contributed by atoms with Crippen LogP contribution >= 0.6 is 11.8 Å². The van der Waals surface area contributed by atoms with Crippen molar-refractivity contribution in [2.45, 2.75) is 61.4 Å². The van der Waals surface area contributed by atoms with E-state index in [1.807, 2.05) is 30.3 Å². The normalized spacial score (nSPS) is 20.4. The number of hydrogen-bond acceptors (Lipinski definition) is 8. The molecule has 1 atom stereocenters. The van der Waals surface area contributed by atoms with Gasteiger partial charge in [0, 0.05) is 37.8 Å². The molecular formula is C26H33F2N3O5S2. The van der Waals surface area contributed by atoms with E-state index in [1.54, 1.807) is 18.1 Å². The average molecular weight is 570 g/mol. The summed E-state index contributed by atoms with van der Waals surface area (Å²) in [5.41, 5.74) is -0.0410. The summed E-state index contributed by atoms with van der Waals surface area (Å²) in [7, 11) is -2.71. The molecule has 12 heteroatoms. The van der Waals surface area contributed by atoms with Crippen LogP contribution in [0, 0.1) is 5.41 Å². The van der Waals surface area contributed by atoms with E-state index in [1.165, 1.54) is 24.9 Å². The van der Waals surface area contributed by atoms with Crippen LogP contribution in [0.5, 0.6) is 5.75 Å². The van der Waals surface area contributed by atoms with Crippen molar-refractivity contribution in [3.05, 3.63) is 36.4 Å². The van der Waals surface area contributed by atoms with E-state index in [9.17, 15) is 22.0 Å². The third-order valence-electron chi connectivity index (χ3n) is 6.96. The number of benzene rings is 1. The number of fused-ring (bicyclic) bond motifs is 1. The maximum absolute atomic E-state index is 13.8. The Hall–Kier alpha value is -2.44. The van der Waals surface area contributed by atoms with E-state index in [0.717, 1.165) is 11.2 Å². The van der Waals surface area contributed by atoms with Crippen LogP contribution in [0.15, 0.2) is 46.3 Å². The number of aromatic nitrogens is 1. The van der Waals surface area contributed by atoms with E-state index in [4.69, 9.17) is 14.5 Å². The lowest BCUT2D eigenvalue weighted by Crippen LogP contribution is -2.41. The Balaban J connectivity index is 1.77. The molecule has 0 bridgehead atoms. The molecule has 2 aromatic rings. The van der Waals surface area contributed by atoms with Gasteiger partial charge in [0.05, 0.1) is 6.61 Å². The van der Waals surface area contributed by atoms with Crippen LogP contribution < -0.4 is 9.64 Å². The van der Waals surface area contributed by atoms with Crippen LogP contribution in [-0.2, 0) is 19.6 Å². The first kappa shape index (κ1) is 28.6. The number of halogens is 2. The van der Waals surface area contributed by atoms with Gasteiger partial charge in [-0.2, -0.15) is 4.31 Å². The van der Waals surface area contributed by atoms with Crippen LogP contribution in [-0.4, -0.2) is 68.7 Å². The van der Waals surface area contributed by atoms with Gasteiger partial charge in [0.25, 0.3) is 0 Å². The molecule has 0 radical (unpaired) electrons. The molecule has 208 valence electrons. The molecular weight excluding hydrogens is 536 g/mol. The van der Waals surface area contributed by atoms with Crippen molar-refractivity contribution >= 4 is 39.3 Å². The van der Waals surface area contributed by atoms with Crippen LogP contribution in [0.4, 0.5) is 20.3 Å². The van der Waals surface area contributed by atoms with Crippen molar-refractivity contribution < 1.29 is 31.5 Å². The van der Waals surface area contributed by atoms with E-state index >= 15 is 0 Å². The standard InChI is InChI=1S/C26H33F2N3O5S2/c1-5-35-24(32)26(13-14-26)17-36-20-15-21-22(29-23(20)37-4)31(18-9-7-6-8-10-18)16-19(11-12-25(2,27)28)30(3)38(21,33)34/h6-10,15,19H,5,11-14,16-17H2,1-4H3/t19-/m1/s1. The first-order valence-electron chi connectivity index (χ1n) is 12.5. The SMILES string of the molecule is CCOC(=O)C1(COc2cc3c(nc2SC)N(c2ccccc2)C[C@@H](CCC(C)(F)F)N(C)S3(=O)=O)CC1. The summed E-state index contributed by atoms with van der Waals surface area (Å²) < 4.78 is 67.6. The molecule has 1 aromatic heterocycles. The van der Waals surface area contributed by atoms with Crippen molar-refractivity contribution in [1.82, 2.24) is 9.29 Å². The number of anilines is 2. The second kappa shape index (κ2) is 11.0. The summed E-state index contributed by atoms with van der Waals surface area (Å²) in [6.07, 6.45) is 2.58. The van der Waals surface area contributed by atoms with Gasteiger partial charge in [-0.15, -0.1) is 11.8 Å². The molecule has 1 aliphatic heterocycles. The third-order valence-corrected chi connectivity index (χ3v) is 9.56. The molecule has 4 rings (SSSR count). The molecule has 2 aliphatic rings. The summed E-state index contributed by atoms with van der Waals surface area (Å²) in [4.78, 5) is 18.8. The number of para-hydroxylation sites is 1. The summed E-state index contributed by atoms with van der Waals surface area (Å²) in [5, 5.41) is 0.459. The maximum Gasteiger partial charge on any atom is 0.315 e. The Morgan fingerprint density at radius 1 is 1.26 bits per heavy atom. The molecule has 1 aromatic carbocycles. The number of rotatable bonds is 10. The molecule has 0 unspecified atom stereocenters. The van der Waals surface area contributed by atoms with Crippen LogP contribution in [0.1, 0.15) is 39.5 Å². The largest absolute Gasteiger partial charge is 0.490 e. The Kier molecular flexibility index (Phi) is 8.25. The predicted molar refractivity (Wildman–Crippen MR) is 142 cm³/mol. The van der Waals surface area contributed by atoms with Crippen LogP contribution in [0.3, 0.4) is 0 Å². The first-order chi connectivity index (χ1) is 17.9. The quantitative estimate of drug-likeness (QED) is 0.288. The van der Waals surface area contributed by atoms with Crippen molar-refractivity contribution in [3.8, 4) is 5.75 Å². The van der Waals surface area contributed by atoms with Crippen LogP contribution in [0.2, 0.25) is 0 Å². The fourth-order valence-corrected chi connectivity index (χ4v) is 6.45. The van der Waals surface area contributed by atoms with E-state index in [-0.39, 0.29) is 48.6 Å². The number of nitrogens with zero attached hydrogens (tertiary/aromatic N) is 3. The minimum atomic E-state index is -4.12. The number of pyridine rings is 1. The van der Waals surface area contributed by atoms with Crippen molar-refractivity contribution in [1.29, 1.82) is 0 Å². The van der Waals surface area contributed by atoms with E-state index in [0.29, 0.717) is 23.6 Å². The number of likely N-dealkylation sites (N-methyl/N-ethyl adjacent to an activating group) is 1. The number of carbonyl (C=O) groups excluding carboxylic acids is 1. The molecule has 1 saturated carbocycles. The van der Waals surface area contributed by atoms with Gasteiger partial charge in [0.1, 0.15) is 21.9 Å². The maximum atomic E-state index is 13.8. The Bertz CT molecular complexity index is 1270. The molecule has 0 spiro atoms. The van der Waals surface area contributed by atoms with Gasteiger partial charge in [0.2, 0.25) is 15.9 Å². The lowest BCUT2D eigenvalue weighted by atomic mass is 10.1. The lowest BCUT2D eigenvalue weighted by Gasteiger charge is -2.29. The first-order valence-corrected chi connectivity index (χ1v) is 15.2. The van der Waals surface area contributed by atoms with Crippen molar-refractivity contribution in [3.63, 3.8) is 0 Å². The summed E-state index contributed by atoms with van der Waals surface area (Å²) in [6, 6.07) is 9.86. The topological polar surface area (TPSA) is 89.0 Å². The highest BCUT2D eigenvalue weighted by Gasteiger charge is 2.52. The number of esters is 1. The average Bonchev–Trinajstić information content (AvgIpc) is 3.68. The molecule has 0 N–H and O–H groups in total.